The van der Waals surface area contributed by atoms with Crippen LogP contribution in [0.4, 0.5) is 0 Å². The fourth-order valence-corrected chi connectivity index (χ4v) is 4.64. The van der Waals surface area contributed by atoms with Gasteiger partial charge in [0.05, 0.1) is 20.1 Å². The molecule has 170 valence electrons. The van der Waals surface area contributed by atoms with Crippen molar-refractivity contribution in [3.63, 3.8) is 0 Å². The van der Waals surface area contributed by atoms with Crippen molar-refractivity contribution in [2.24, 2.45) is 11.8 Å². The maximum Gasteiger partial charge on any atom is 0.227 e. The fraction of sp³-hybridized carbons (Fsp3) is 0.462. The molecule has 2 atom stereocenters. The highest BCUT2D eigenvalue weighted by atomic mass is 16.5. The van der Waals surface area contributed by atoms with Crippen molar-refractivity contribution in [1.29, 1.82) is 0 Å². The summed E-state index contributed by atoms with van der Waals surface area (Å²) in [7, 11) is 5.09. The molecule has 6 nitrogen and oxygen atoms in total. The highest BCUT2D eigenvalue weighted by Crippen LogP contribution is 2.38. The Morgan fingerprint density at radius 2 is 1.69 bits per heavy atom. The zero-order valence-electron chi connectivity index (χ0n) is 19.1. The minimum Gasteiger partial charge on any atom is -0.493 e. The number of hydrogen-bond donors (Lipinski definition) is 0. The van der Waals surface area contributed by atoms with Crippen molar-refractivity contribution < 1.29 is 19.1 Å². The number of rotatable bonds is 7. The molecule has 0 radical (unpaired) electrons. The standard InChI is InChI=1S/C26H32N2O4/c1-27(15-18-7-5-4-6-8-18)25(29)22-13-21(16-28(17-22)26(30)19-9-10-19)20-11-12-23(31-2)24(14-20)32-3/h4-8,11-12,14,19,21-22H,9-10,13,15-17H2,1-3H3. The molecule has 1 heterocycles. The summed E-state index contributed by atoms with van der Waals surface area (Å²) in [4.78, 5) is 30.1. The molecule has 2 fully saturated rings. The SMILES string of the molecule is COc1ccc(C2CC(C(=O)N(C)Cc3ccccc3)CN(C(=O)C3CC3)C2)cc1OC. The molecular weight excluding hydrogens is 404 g/mol. The Kier molecular flexibility index (Phi) is 6.68. The first-order chi connectivity index (χ1) is 15.5. The average Bonchev–Trinajstić information content (AvgIpc) is 3.68. The Bertz CT molecular complexity index is 958. The second-order valence-electron chi connectivity index (χ2n) is 8.94. The molecule has 2 aliphatic rings. The molecule has 2 unspecified atom stereocenters. The molecule has 32 heavy (non-hydrogen) atoms. The molecule has 1 aliphatic carbocycles. The smallest absolute Gasteiger partial charge is 0.227 e. The summed E-state index contributed by atoms with van der Waals surface area (Å²) >= 11 is 0. The van der Waals surface area contributed by atoms with Crippen molar-refractivity contribution >= 4 is 11.8 Å². The lowest BCUT2D eigenvalue weighted by Gasteiger charge is -2.39. The van der Waals surface area contributed by atoms with Gasteiger partial charge in [-0.1, -0.05) is 36.4 Å². The zero-order chi connectivity index (χ0) is 22.7. The van der Waals surface area contributed by atoms with Gasteiger partial charge < -0.3 is 19.3 Å². The van der Waals surface area contributed by atoms with E-state index in [0.29, 0.717) is 37.6 Å². The zero-order valence-corrected chi connectivity index (χ0v) is 19.1. The van der Waals surface area contributed by atoms with Gasteiger partial charge in [0.1, 0.15) is 0 Å². The van der Waals surface area contributed by atoms with E-state index >= 15 is 0 Å². The number of amides is 2. The lowest BCUT2D eigenvalue weighted by molar-refractivity contribution is -0.141. The summed E-state index contributed by atoms with van der Waals surface area (Å²) in [6.45, 7) is 1.70. The summed E-state index contributed by atoms with van der Waals surface area (Å²) in [5.41, 5.74) is 2.17. The Hall–Kier alpha value is -3.02. The maximum absolute atomic E-state index is 13.4. The molecule has 2 aromatic rings. The second-order valence-corrected chi connectivity index (χ2v) is 8.94. The van der Waals surface area contributed by atoms with Crippen LogP contribution in [-0.4, -0.2) is 56.0 Å². The first-order valence-corrected chi connectivity index (χ1v) is 11.3. The van der Waals surface area contributed by atoms with Gasteiger partial charge in [-0.15, -0.1) is 0 Å². The van der Waals surface area contributed by atoms with Crippen LogP contribution in [0.5, 0.6) is 11.5 Å². The van der Waals surface area contributed by atoms with Crippen molar-refractivity contribution in [3.8, 4) is 11.5 Å². The van der Waals surface area contributed by atoms with E-state index in [9.17, 15) is 9.59 Å². The third-order valence-corrected chi connectivity index (χ3v) is 6.56. The lowest BCUT2D eigenvalue weighted by Crippen LogP contribution is -2.48. The van der Waals surface area contributed by atoms with Crippen LogP contribution in [0.2, 0.25) is 0 Å². The van der Waals surface area contributed by atoms with Gasteiger partial charge in [0.25, 0.3) is 0 Å². The van der Waals surface area contributed by atoms with Crippen LogP contribution in [-0.2, 0) is 16.1 Å². The molecular formula is C26H32N2O4. The molecule has 1 saturated carbocycles. The van der Waals surface area contributed by atoms with Crippen molar-refractivity contribution in [2.75, 3.05) is 34.4 Å². The van der Waals surface area contributed by atoms with E-state index < -0.39 is 0 Å². The monoisotopic (exact) mass is 436 g/mol. The van der Waals surface area contributed by atoms with E-state index in [1.54, 1.807) is 19.1 Å². The van der Waals surface area contributed by atoms with Crippen LogP contribution in [0, 0.1) is 11.8 Å². The molecule has 2 aromatic carbocycles. The van der Waals surface area contributed by atoms with Crippen LogP contribution >= 0.6 is 0 Å². The maximum atomic E-state index is 13.4. The number of hydrogen-bond acceptors (Lipinski definition) is 4. The van der Waals surface area contributed by atoms with Gasteiger partial charge in [0.15, 0.2) is 11.5 Å². The fourth-order valence-electron chi connectivity index (χ4n) is 4.64. The van der Waals surface area contributed by atoms with Crippen LogP contribution in [0.3, 0.4) is 0 Å². The number of benzene rings is 2. The van der Waals surface area contributed by atoms with Gasteiger partial charge in [-0.25, -0.2) is 0 Å². The van der Waals surface area contributed by atoms with Crippen LogP contribution in [0.1, 0.15) is 36.3 Å². The summed E-state index contributed by atoms with van der Waals surface area (Å²) < 4.78 is 10.9. The normalized spacial score (nSPS) is 20.5. The number of carbonyl (C=O) groups is 2. The third kappa shape index (κ3) is 4.90. The minimum absolute atomic E-state index is 0.0744. The number of nitrogens with zero attached hydrogens (tertiary/aromatic N) is 2. The van der Waals surface area contributed by atoms with Gasteiger partial charge in [-0.3, -0.25) is 9.59 Å². The molecule has 6 heteroatoms. The Morgan fingerprint density at radius 3 is 2.34 bits per heavy atom. The summed E-state index contributed by atoms with van der Waals surface area (Å²) in [6, 6.07) is 15.9. The third-order valence-electron chi connectivity index (χ3n) is 6.56. The highest BCUT2D eigenvalue weighted by molar-refractivity contribution is 5.83. The molecule has 0 aromatic heterocycles. The van der Waals surface area contributed by atoms with E-state index in [-0.39, 0.29) is 29.6 Å². The van der Waals surface area contributed by atoms with Crippen molar-refractivity contribution in [2.45, 2.75) is 31.7 Å². The van der Waals surface area contributed by atoms with Gasteiger partial charge in [-0.2, -0.15) is 0 Å². The molecule has 0 bridgehead atoms. The van der Waals surface area contributed by atoms with Crippen LogP contribution in [0.25, 0.3) is 0 Å². The number of ether oxygens (including phenoxy) is 2. The summed E-state index contributed by atoms with van der Waals surface area (Å²) in [6.07, 6.45) is 2.63. The molecule has 1 aliphatic heterocycles. The molecule has 4 rings (SSSR count). The highest BCUT2D eigenvalue weighted by Gasteiger charge is 2.40. The van der Waals surface area contributed by atoms with Crippen molar-refractivity contribution in [3.05, 3.63) is 59.7 Å². The predicted molar refractivity (Wildman–Crippen MR) is 123 cm³/mol. The Morgan fingerprint density at radius 1 is 0.969 bits per heavy atom. The number of methoxy groups -OCH3 is 2. The first kappa shape index (κ1) is 22.2. The van der Waals surface area contributed by atoms with Crippen LogP contribution < -0.4 is 9.47 Å². The number of carbonyl (C=O) groups excluding carboxylic acids is 2. The van der Waals surface area contributed by atoms with E-state index in [4.69, 9.17) is 9.47 Å². The van der Waals surface area contributed by atoms with Gasteiger partial charge in [0, 0.05) is 38.5 Å². The number of piperidine rings is 1. The van der Waals surface area contributed by atoms with E-state index in [0.717, 1.165) is 24.0 Å². The molecule has 2 amide bonds. The van der Waals surface area contributed by atoms with E-state index in [1.807, 2.05) is 60.5 Å². The quantitative estimate of drug-likeness (QED) is 0.664. The predicted octanol–water partition coefficient (Wildman–Crippen LogP) is 3.70. The Balaban J connectivity index is 1.55. The topological polar surface area (TPSA) is 59.1 Å². The van der Waals surface area contributed by atoms with Gasteiger partial charge in [-0.05, 0) is 42.5 Å². The van der Waals surface area contributed by atoms with Gasteiger partial charge >= 0.3 is 0 Å². The minimum atomic E-state index is -0.224. The van der Waals surface area contributed by atoms with Crippen molar-refractivity contribution in [1.82, 2.24) is 9.80 Å². The van der Waals surface area contributed by atoms with Crippen LogP contribution in [0.15, 0.2) is 48.5 Å². The molecule has 0 spiro atoms. The number of likely N-dealkylation sites (tertiary alicyclic amines) is 1. The molecule has 0 N–H and O–H groups in total. The second kappa shape index (κ2) is 9.63. The average molecular weight is 437 g/mol. The van der Waals surface area contributed by atoms with E-state index in [2.05, 4.69) is 0 Å². The summed E-state index contributed by atoms with van der Waals surface area (Å²) in [5, 5.41) is 0. The molecule has 1 saturated heterocycles. The Labute approximate surface area is 190 Å². The summed E-state index contributed by atoms with van der Waals surface area (Å²) in [5.74, 6) is 1.61. The first-order valence-electron chi connectivity index (χ1n) is 11.3. The van der Waals surface area contributed by atoms with Gasteiger partial charge in [0.2, 0.25) is 11.8 Å². The largest absolute Gasteiger partial charge is 0.493 e. The van der Waals surface area contributed by atoms with E-state index in [1.165, 1.54) is 0 Å². The lowest BCUT2D eigenvalue weighted by atomic mass is 9.83.